The fourth-order valence-electron chi connectivity index (χ4n) is 5.85. The van der Waals surface area contributed by atoms with E-state index in [-0.39, 0.29) is 14.7 Å². The third-order valence-corrected chi connectivity index (χ3v) is 11.3. The van der Waals surface area contributed by atoms with E-state index >= 15 is 0 Å². The van der Waals surface area contributed by atoms with Crippen molar-refractivity contribution >= 4 is 8.80 Å². The monoisotopic (exact) mass is 458 g/mol. The van der Waals surface area contributed by atoms with Gasteiger partial charge in [-0.2, -0.15) is 0 Å². The van der Waals surface area contributed by atoms with E-state index in [0.717, 1.165) is 49.1 Å². The maximum atomic E-state index is 14.0. The van der Waals surface area contributed by atoms with Crippen molar-refractivity contribution in [3.05, 3.63) is 29.6 Å². The summed E-state index contributed by atoms with van der Waals surface area (Å²) in [5.74, 6) is 0.305. The highest BCUT2D eigenvalue weighted by atomic mass is 28.3. The van der Waals surface area contributed by atoms with Gasteiger partial charge in [0, 0.05) is 8.80 Å². The Morgan fingerprint density at radius 2 is 1.55 bits per heavy atom. The molecule has 0 unspecified atom stereocenters. The smallest absolute Gasteiger partial charge is 0.403 e. The molecular formula is C25H38F4OSi. The minimum absolute atomic E-state index is 0.244. The molecule has 1 aliphatic heterocycles. The summed E-state index contributed by atoms with van der Waals surface area (Å²) in [5, 5.41) is 0. The lowest BCUT2D eigenvalue weighted by Gasteiger charge is -2.30. The molecule has 2 fully saturated rings. The molecule has 1 aliphatic carbocycles. The van der Waals surface area contributed by atoms with Crippen LogP contribution in [-0.2, 0) is 0 Å². The molecule has 1 saturated heterocycles. The molecule has 1 aromatic rings. The number of hydrogen-bond donors (Lipinski definition) is 0. The second-order valence-electron chi connectivity index (χ2n) is 9.92. The number of alkyl halides is 3. The van der Waals surface area contributed by atoms with Crippen LogP contribution in [0.5, 0.6) is 5.75 Å². The molecule has 31 heavy (non-hydrogen) atoms. The van der Waals surface area contributed by atoms with Crippen molar-refractivity contribution in [3.63, 3.8) is 0 Å². The molecule has 6 heteroatoms. The Bertz CT molecular complexity index is 662. The molecule has 1 heterocycles. The van der Waals surface area contributed by atoms with Gasteiger partial charge in [0.05, 0.1) is 0 Å². The summed E-state index contributed by atoms with van der Waals surface area (Å²) in [6.45, 7) is 2.33. The van der Waals surface area contributed by atoms with Crippen LogP contribution in [0.2, 0.25) is 18.1 Å². The van der Waals surface area contributed by atoms with Gasteiger partial charge in [-0.05, 0) is 61.1 Å². The van der Waals surface area contributed by atoms with E-state index in [0.29, 0.717) is 0 Å². The fraction of sp³-hybridized carbons (Fsp3) is 0.760. The molecule has 0 N–H and O–H groups in total. The van der Waals surface area contributed by atoms with Gasteiger partial charge in [-0.3, -0.25) is 0 Å². The van der Waals surface area contributed by atoms with Crippen LogP contribution in [0.15, 0.2) is 18.2 Å². The van der Waals surface area contributed by atoms with Crippen molar-refractivity contribution in [1.82, 2.24) is 0 Å². The molecule has 0 spiro atoms. The van der Waals surface area contributed by atoms with Gasteiger partial charge in [0.1, 0.15) is 0 Å². The first-order valence-electron chi connectivity index (χ1n) is 12.4. The van der Waals surface area contributed by atoms with Crippen LogP contribution < -0.4 is 4.74 Å². The minimum Gasteiger partial charge on any atom is -0.403 e. The maximum Gasteiger partial charge on any atom is 0.573 e. The summed E-state index contributed by atoms with van der Waals surface area (Å²) in [4.78, 5) is 0. The summed E-state index contributed by atoms with van der Waals surface area (Å²) in [5.41, 5.74) is 0.799. The SMILES string of the molecule is CCC[SiH]1CCC(CCCCC2CCC(c3ccc(OC(F)(F)F)c(F)c3)CC2)CC1. The third kappa shape index (κ3) is 8.10. The molecule has 0 amide bonds. The van der Waals surface area contributed by atoms with Crippen molar-refractivity contribution in [2.45, 2.75) is 108 Å². The Kier molecular flexibility index (Phi) is 9.29. The molecule has 3 rings (SSSR count). The van der Waals surface area contributed by atoms with Crippen LogP contribution in [0.4, 0.5) is 17.6 Å². The fourth-order valence-corrected chi connectivity index (χ4v) is 9.41. The van der Waals surface area contributed by atoms with Crippen LogP contribution in [0.1, 0.15) is 89.0 Å². The molecule has 1 aromatic carbocycles. The lowest BCUT2D eigenvalue weighted by Crippen LogP contribution is -2.21. The summed E-state index contributed by atoms with van der Waals surface area (Å²) in [6, 6.07) is 8.63. The van der Waals surface area contributed by atoms with Gasteiger partial charge in [-0.15, -0.1) is 13.2 Å². The van der Waals surface area contributed by atoms with Gasteiger partial charge in [0.2, 0.25) is 0 Å². The summed E-state index contributed by atoms with van der Waals surface area (Å²) < 4.78 is 54.7. The summed E-state index contributed by atoms with van der Waals surface area (Å²) in [7, 11) is -0.358. The Labute approximate surface area is 186 Å². The number of ether oxygens (including phenoxy) is 1. The predicted octanol–water partition coefficient (Wildman–Crippen LogP) is 8.61. The lowest BCUT2D eigenvalue weighted by molar-refractivity contribution is -0.275. The molecule has 1 saturated carbocycles. The Morgan fingerprint density at radius 1 is 0.935 bits per heavy atom. The average molecular weight is 459 g/mol. The quantitative estimate of drug-likeness (QED) is 0.204. The number of hydrogen-bond acceptors (Lipinski definition) is 1. The van der Waals surface area contributed by atoms with E-state index in [4.69, 9.17) is 0 Å². The molecule has 0 atom stereocenters. The van der Waals surface area contributed by atoms with E-state index < -0.39 is 17.9 Å². The predicted molar refractivity (Wildman–Crippen MR) is 121 cm³/mol. The zero-order chi connectivity index (χ0) is 22.3. The second kappa shape index (κ2) is 11.7. The highest BCUT2D eigenvalue weighted by molar-refractivity contribution is 6.58. The number of unbranched alkanes of at least 4 members (excludes halogenated alkanes) is 1. The van der Waals surface area contributed by atoms with Crippen molar-refractivity contribution < 1.29 is 22.3 Å². The first-order valence-corrected chi connectivity index (χ1v) is 14.8. The normalized spacial score (nSPS) is 27.3. The minimum atomic E-state index is -4.86. The molecular weight excluding hydrogens is 420 g/mol. The number of rotatable bonds is 9. The zero-order valence-electron chi connectivity index (χ0n) is 18.9. The average Bonchev–Trinajstić information content (AvgIpc) is 2.74. The van der Waals surface area contributed by atoms with Crippen molar-refractivity contribution in [2.24, 2.45) is 11.8 Å². The van der Waals surface area contributed by atoms with Gasteiger partial charge in [0.15, 0.2) is 11.6 Å². The van der Waals surface area contributed by atoms with Crippen LogP contribution >= 0.6 is 0 Å². The van der Waals surface area contributed by atoms with E-state index in [9.17, 15) is 17.6 Å². The second-order valence-corrected chi connectivity index (χ2v) is 13.4. The Hall–Kier alpha value is -1.04. The zero-order valence-corrected chi connectivity index (χ0v) is 20.0. The highest BCUT2D eigenvalue weighted by Crippen LogP contribution is 2.39. The standard InChI is InChI=1S/C25H38F4OSi/c1-2-15-31-16-13-20(14-17-31)6-4-3-5-19-7-9-21(10-8-19)22-11-12-24(23(26)18-22)30-25(27,28)29/h11-12,18-21,31H,2-10,13-17H2,1H3. The molecule has 1 nitrogen and oxygen atoms in total. The topological polar surface area (TPSA) is 9.23 Å². The Morgan fingerprint density at radius 3 is 2.10 bits per heavy atom. The van der Waals surface area contributed by atoms with E-state index in [1.165, 1.54) is 51.0 Å². The van der Waals surface area contributed by atoms with E-state index in [1.54, 1.807) is 24.2 Å². The van der Waals surface area contributed by atoms with Crippen LogP contribution in [0, 0.1) is 17.7 Å². The molecule has 0 aromatic heterocycles. The van der Waals surface area contributed by atoms with Gasteiger partial charge in [0.25, 0.3) is 0 Å². The molecule has 176 valence electrons. The highest BCUT2D eigenvalue weighted by Gasteiger charge is 2.32. The first-order chi connectivity index (χ1) is 14.8. The molecule has 2 aliphatic rings. The van der Waals surface area contributed by atoms with Crippen LogP contribution in [0.25, 0.3) is 0 Å². The van der Waals surface area contributed by atoms with Crippen molar-refractivity contribution in [1.29, 1.82) is 0 Å². The summed E-state index contributed by atoms with van der Waals surface area (Å²) >= 11 is 0. The van der Waals surface area contributed by atoms with E-state index in [1.807, 2.05) is 0 Å². The third-order valence-electron chi connectivity index (χ3n) is 7.64. The first kappa shape index (κ1) is 24.6. The number of benzene rings is 1. The molecule has 0 bridgehead atoms. The van der Waals surface area contributed by atoms with Crippen LogP contribution in [0.3, 0.4) is 0 Å². The molecule has 0 radical (unpaired) electrons. The largest absolute Gasteiger partial charge is 0.573 e. The summed E-state index contributed by atoms with van der Waals surface area (Å²) in [6.07, 6.45) is 9.15. The van der Waals surface area contributed by atoms with Gasteiger partial charge < -0.3 is 4.74 Å². The number of halogens is 4. The van der Waals surface area contributed by atoms with E-state index in [2.05, 4.69) is 11.7 Å². The van der Waals surface area contributed by atoms with Gasteiger partial charge >= 0.3 is 6.36 Å². The van der Waals surface area contributed by atoms with Crippen molar-refractivity contribution in [2.75, 3.05) is 0 Å². The Balaban J connectivity index is 1.32. The van der Waals surface area contributed by atoms with Crippen LogP contribution in [-0.4, -0.2) is 15.2 Å². The maximum absolute atomic E-state index is 14.0. The van der Waals surface area contributed by atoms with Crippen molar-refractivity contribution in [3.8, 4) is 5.75 Å². The lowest BCUT2D eigenvalue weighted by atomic mass is 9.77. The van der Waals surface area contributed by atoms with Gasteiger partial charge in [-0.1, -0.05) is 76.1 Å². The van der Waals surface area contributed by atoms with Gasteiger partial charge in [-0.25, -0.2) is 4.39 Å².